The number of ketones is 1. The molecule has 1 aliphatic carbocycles. The van der Waals surface area contributed by atoms with Crippen molar-refractivity contribution in [2.75, 3.05) is 13.1 Å². The van der Waals surface area contributed by atoms with Gasteiger partial charge in [-0.3, -0.25) is 9.69 Å². The van der Waals surface area contributed by atoms with Gasteiger partial charge in [-0.15, -0.1) is 0 Å². The summed E-state index contributed by atoms with van der Waals surface area (Å²) in [5.74, 6) is 1.21. The highest BCUT2D eigenvalue weighted by atomic mass is 16.1. The quantitative estimate of drug-likeness (QED) is 0.648. The number of Topliss-reactive ketones (excluding diaryl/α,β-unsaturated/α-hetero) is 1. The minimum atomic E-state index is -0.0455. The normalized spacial score (nSPS) is 24.1. The Balaban J connectivity index is 1.99. The Labute approximate surface area is 125 Å². The average Bonchev–Trinajstić information content (AvgIpc) is 3.13. The van der Waals surface area contributed by atoms with Gasteiger partial charge >= 0.3 is 0 Å². The van der Waals surface area contributed by atoms with Gasteiger partial charge in [-0.1, -0.05) is 52.4 Å². The van der Waals surface area contributed by atoms with Crippen molar-refractivity contribution >= 4 is 5.78 Å². The van der Waals surface area contributed by atoms with Crippen LogP contribution in [0.15, 0.2) is 0 Å². The van der Waals surface area contributed by atoms with E-state index >= 15 is 0 Å². The number of unbranched alkanes of at least 4 members (excludes halogenated alkanes) is 1. The maximum Gasteiger partial charge on any atom is 0.153 e. The second kappa shape index (κ2) is 7.59. The van der Waals surface area contributed by atoms with Gasteiger partial charge in [0.1, 0.15) is 0 Å². The average molecular weight is 279 g/mol. The van der Waals surface area contributed by atoms with E-state index in [1.807, 2.05) is 0 Å². The van der Waals surface area contributed by atoms with Crippen LogP contribution in [-0.2, 0) is 4.79 Å². The van der Waals surface area contributed by atoms with Crippen molar-refractivity contribution in [2.45, 2.75) is 90.0 Å². The summed E-state index contributed by atoms with van der Waals surface area (Å²) in [6, 6.07) is 0. The molecule has 1 heterocycles. The Morgan fingerprint density at radius 2 is 1.75 bits per heavy atom. The number of hydrogen-bond donors (Lipinski definition) is 0. The number of likely N-dealkylation sites (tertiary alicyclic amines) is 1. The molecule has 0 aromatic carbocycles. The van der Waals surface area contributed by atoms with Crippen LogP contribution in [0.2, 0.25) is 0 Å². The van der Waals surface area contributed by atoms with E-state index in [0.717, 1.165) is 32.4 Å². The molecular formula is C18H33NO. The standard InChI is InChI=1S/C18H33NO/c1-3-5-10-16(4-2)15-17(20)18(11-6-7-12-18)19-13-8-9-14-19/h16H,3-15H2,1-2H3. The van der Waals surface area contributed by atoms with E-state index in [9.17, 15) is 4.79 Å². The van der Waals surface area contributed by atoms with Crippen molar-refractivity contribution in [1.82, 2.24) is 4.90 Å². The molecule has 0 amide bonds. The molecule has 1 saturated carbocycles. The zero-order chi connectivity index (χ0) is 14.4. The summed E-state index contributed by atoms with van der Waals surface area (Å²) in [6.07, 6.45) is 13.2. The van der Waals surface area contributed by atoms with Crippen molar-refractivity contribution in [1.29, 1.82) is 0 Å². The Hall–Kier alpha value is -0.370. The number of rotatable bonds is 8. The molecule has 2 rings (SSSR count). The first-order valence-corrected chi connectivity index (χ1v) is 9.01. The fraction of sp³-hybridized carbons (Fsp3) is 0.944. The summed E-state index contributed by atoms with van der Waals surface area (Å²) < 4.78 is 0. The third-order valence-electron chi connectivity index (χ3n) is 5.68. The molecule has 0 aromatic rings. The van der Waals surface area contributed by atoms with Gasteiger partial charge in [-0.2, -0.15) is 0 Å². The lowest BCUT2D eigenvalue weighted by atomic mass is 9.82. The van der Waals surface area contributed by atoms with Gasteiger partial charge in [0, 0.05) is 6.42 Å². The van der Waals surface area contributed by atoms with Crippen LogP contribution in [0.25, 0.3) is 0 Å². The van der Waals surface area contributed by atoms with Gasteiger partial charge < -0.3 is 0 Å². The zero-order valence-electron chi connectivity index (χ0n) is 13.6. The largest absolute Gasteiger partial charge is 0.298 e. The van der Waals surface area contributed by atoms with Crippen molar-refractivity contribution in [2.24, 2.45) is 5.92 Å². The fourth-order valence-corrected chi connectivity index (χ4v) is 4.27. The molecular weight excluding hydrogens is 246 g/mol. The summed E-state index contributed by atoms with van der Waals surface area (Å²) >= 11 is 0. The highest BCUT2D eigenvalue weighted by Gasteiger charge is 2.46. The third kappa shape index (κ3) is 3.44. The number of hydrogen-bond acceptors (Lipinski definition) is 2. The molecule has 0 N–H and O–H groups in total. The number of carbonyl (C=O) groups is 1. The van der Waals surface area contributed by atoms with Crippen molar-refractivity contribution < 1.29 is 4.79 Å². The zero-order valence-corrected chi connectivity index (χ0v) is 13.6. The van der Waals surface area contributed by atoms with Crippen LogP contribution in [0.4, 0.5) is 0 Å². The second-order valence-electron chi connectivity index (χ2n) is 6.98. The van der Waals surface area contributed by atoms with Crippen LogP contribution < -0.4 is 0 Å². The smallest absolute Gasteiger partial charge is 0.153 e. The lowest BCUT2D eigenvalue weighted by molar-refractivity contribution is -0.131. The molecule has 2 nitrogen and oxygen atoms in total. The van der Waals surface area contributed by atoms with E-state index in [1.54, 1.807) is 0 Å². The lowest BCUT2D eigenvalue weighted by Gasteiger charge is -2.38. The summed E-state index contributed by atoms with van der Waals surface area (Å²) in [7, 11) is 0. The summed E-state index contributed by atoms with van der Waals surface area (Å²) in [5, 5.41) is 0. The Bertz CT molecular complexity index is 301. The summed E-state index contributed by atoms with van der Waals surface area (Å²) in [6.45, 7) is 6.83. The topological polar surface area (TPSA) is 20.3 Å². The molecule has 1 saturated heterocycles. The third-order valence-corrected chi connectivity index (χ3v) is 5.68. The van der Waals surface area contributed by atoms with E-state index in [-0.39, 0.29) is 5.54 Å². The molecule has 1 aliphatic heterocycles. The van der Waals surface area contributed by atoms with E-state index in [4.69, 9.17) is 0 Å². The maximum absolute atomic E-state index is 13.0. The van der Waals surface area contributed by atoms with E-state index in [0.29, 0.717) is 11.7 Å². The Morgan fingerprint density at radius 3 is 2.30 bits per heavy atom. The Kier molecular flexibility index (Phi) is 6.07. The van der Waals surface area contributed by atoms with Gasteiger partial charge in [-0.05, 0) is 44.7 Å². The van der Waals surface area contributed by atoms with Gasteiger partial charge in [0.15, 0.2) is 5.78 Å². The maximum atomic E-state index is 13.0. The molecule has 2 aliphatic rings. The van der Waals surface area contributed by atoms with Gasteiger partial charge in [0.25, 0.3) is 0 Å². The van der Waals surface area contributed by atoms with Crippen LogP contribution >= 0.6 is 0 Å². The van der Waals surface area contributed by atoms with Crippen LogP contribution in [0.1, 0.15) is 84.5 Å². The minimum absolute atomic E-state index is 0.0455. The number of carbonyl (C=O) groups excluding carboxylic acids is 1. The first-order valence-electron chi connectivity index (χ1n) is 9.01. The molecule has 0 radical (unpaired) electrons. The molecule has 2 fully saturated rings. The van der Waals surface area contributed by atoms with E-state index < -0.39 is 0 Å². The van der Waals surface area contributed by atoms with Gasteiger partial charge in [-0.25, -0.2) is 0 Å². The fourth-order valence-electron chi connectivity index (χ4n) is 4.27. The summed E-state index contributed by atoms with van der Waals surface area (Å²) in [5.41, 5.74) is -0.0455. The molecule has 0 bridgehead atoms. The second-order valence-corrected chi connectivity index (χ2v) is 6.98. The van der Waals surface area contributed by atoms with Crippen molar-refractivity contribution in [3.05, 3.63) is 0 Å². The predicted molar refractivity (Wildman–Crippen MR) is 84.9 cm³/mol. The highest BCUT2D eigenvalue weighted by molar-refractivity contribution is 5.89. The highest BCUT2D eigenvalue weighted by Crippen LogP contribution is 2.40. The van der Waals surface area contributed by atoms with E-state index in [1.165, 1.54) is 51.4 Å². The minimum Gasteiger partial charge on any atom is -0.298 e. The van der Waals surface area contributed by atoms with Crippen LogP contribution in [0.3, 0.4) is 0 Å². The molecule has 2 heteroatoms. The summed E-state index contributed by atoms with van der Waals surface area (Å²) in [4.78, 5) is 15.6. The predicted octanol–water partition coefficient (Wildman–Crippen LogP) is 4.57. The van der Waals surface area contributed by atoms with E-state index in [2.05, 4.69) is 18.7 Å². The van der Waals surface area contributed by atoms with Gasteiger partial charge in [0.05, 0.1) is 5.54 Å². The molecule has 116 valence electrons. The van der Waals surface area contributed by atoms with Crippen molar-refractivity contribution in [3.8, 4) is 0 Å². The van der Waals surface area contributed by atoms with Crippen molar-refractivity contribution in [3.63, 3.8) is 0 Å². The lowest BCUT2D eigenvalue weighted by Crippen LogP contribution is -2.51. The molecule has 1 unspecified atom stereocenters. The first kappa shape index (κ1) is 16.0. The molecule has 1 atom stereocenters. The van der Waals surface area contributed by atoms with Crippen LogP contribution in [-0.4, -0.2) is 29.3 Å². The van der Waals surface area contributed by atoms with Crippen LogP contribution in [0, 0.1) is 5.92 Å². The molecule has 20 heavy (non-hydrogen) atoms. The Morgan fingerprint density at radius 1 is 1.10 bits per heavy atom. The van der Waals surface area contributed by atoms with Gasteiger partial charge in [0.2, 0.25) is 0 Å². The molecule has 0 aromatic heterocycles. The monoisotopic (exact) mass is 279 g/mol. The first-order chi connectivity index (χ1) is 9.73. The number of nitrogens with zero attached hydrogens (tertiary/aromatic N) is 1. The van der Waals surface area contributed by atoms with Crippen LogP contribution in [0.5, 0.6) is 0 Å². The molecule has 0 spiro atoms. The SMILES string of the molecule is CCCCC(CC)CC(=O)C1(N2CCCC2)CCCC1.